The Labute approximate surface area is 206 Å². The molecule has 0 spiro atoms. The summed E-state index contributed by atoms with van der Waals surface area (Å²) in [7, 11) is 0. The molecule has 3 aromatic carbocycles. The van der Waals surface area contributed by atoms with E-state index in [9.17, 15) is 36.6 Å². The number of benzene rings is 3. The molecule has 0 aliphatic carbocycles. The minimum Gasteiger partial charge on any atom is -0.386 e. The lowest BCUT2D eigenvalue weighted by molar-refractivity contribution is -0.137. The lowest BCUT2D eigenvalue weighted by atomic mass is 9.90. The predicted octanol–water partition coefficient (Wildman–Crippen LogP) is 5.95. The average molecular weight is 525 g/mol. The van der Waals surface area contributed by atoms with Gasteiger partial charge in [0.1, 0.15) is 11.6 Å². The van der Waals surface area contributed by atoms with E-state index in [4.69, 9.17) is 11.6 Å². The minimum atomic E-state index is -4.89. The third-order valence-electron chi connectivity index (χ3n) is 5.70. The molecule has 3 aromatic rings. The fourth-order valence-electron chi connectivity index (χ4n) is 3.94. The van der Waals surface area contributed by atoms with Crippen molar-refractivity contribution in [1.29, 1.82) is 0 Å². The zero-order chi connectivity index (χ0) is 26.6. The molecule has 1 aliphatic heterocycles. The minimum absolute atomic E-state index is 0.0328. The van der Waals surface area contributed by atoms with E-state index in [0.717, 1.165) is 12.1 Å². The Morgan fingerprint density at radius 2 is 1.69 bits per heavy atom. The Balaban J connectivity index is 1.86. The maximum Gasteiger partial charge on any atom is 0.416 e. The fraction of sp³-hybridized carbons (Fsp3) is 0.200. The van der Waals surface area contributed by atoms with Gasteiger partial charge in [0.25, 0.3) is 11.8 Å². The molecule has 1 heterocycles. The number of hydrogen-bond acceptors (Lipinski definition) is 3. The lowest BCUT2D eigenvalue weighted by Gasteiger charge is -2.23. The zero-order valence-electron chi connectivity index (χ0n) is 18.7. The fourth-order valence-corrected chi connectivity index (χ4v) is 4.16. The molecule has 0 radical (unpaired) electrons. The quantitative estimate of drug-likeness (QED) is 0.369. The topological polar surface area (TPSA) is 78.4 Å². The molecule has 5 nitrogen and oxygen atoms in total. The van der Waals surface area contributed by atoms with Crippen molar-refractivity contribution in [2.24, 2.45) is 0 Å². The van der Waals surface area contributed by atoms with Gasteiger partial charge in [0.05, 0.1) is 17.2 Å². The van der Waals surface area contributed by atoms with Crippen LogP contribution in [0.5, 0.6) is 0 Å². The molecule has 4 rings (SSSR count). The first-order valence-corrected chi connectivity index (χ1v) is 10.9. The maximum atomic E-state index is 14.0. The molecule has 0 aromatic heterocycles. The van der Waals surface area contributed by atoms with Crippen molar-refractivity contribution in [3.63, 3.8) is 0 Å². The van der Waals surface area contributed by atoms with Gasteiger partial charge in [-0.15, -0.1) is 0 Å². The molecule has 0 saturated carbocycles. The van der Waals surface area contributed by atoms with Crippen molar-refractivity contribution >= 4 is 29.1 Å². The SMILES string of the molecule is CC(C)(O)c1cc(NC(=O)c2cc(F)cc(C(F)(F)F)c2)c2c(c1)C(=O)NC2c1cc(F)ccc1Cl. The Morgan fingerprint density at radius 1 is 1.00 bits per heavy atom. The molecule has 0 bridgehead atoms. The van der Waals surface area contributed by atoms with Crippen LogP contribution < -0.4 is 10.6 Å². The van der Waals surface area contributed by atoms with Crippen molar-refractivity contribution < 1.29 is 36.6 Å². The van der Waals surface area contributed by atoms with Crippen LogP contribution in [0.15, 0.2) is 48.5 Å². The van der Waals surface area contributed by atoms with Gasteiger partial charge < -0.3 is 15.7 Å². The van der Waals surface area contributed by atoms with E-state index in [1.54, 1.807) is 0 Å². The Bertz CT molecular complexity index is 1400. The molecule has 1 unspecified atom stereocenters. The van der Waals surface area contributed by atoms with E-state index in [1.807, 2.05) is 0 Å². The first-order valence-electron chi connectivity index (χ1n) is 10.5. The number of fused-ring (bicyclic) bond motifs is 1. The van der Waals surface area contributed by atoms with Crippen LogP contribution in [0.1, 0.15) is 62.9 Å². The van der Waals surface area contributed by atoms with Crippen LogP contribution in [0.3, 0.4) is 0 Å². The predicted molar refractivity (Wildman–Crippen MR) is 122 cm³/mol. The summed E-state index contributed by atoms with van der Waals surface area (Å²) in [5, 5.41) is 15.7. The van der Waals surface area contributed by atoms with Gasteiger partial charge in [-0.2, -0.15) is 13.2 Å². The van der Waals surface area contributed by atoms with Crippen molar-refractivity contribution in [3.8, 4) is 0 Å². The summed E-state index contributed by atoms with van der Waals surface area (Å²) in [6.07, 6.45) is -4.89. The summed E-state index contributed by atoms with van der Waals surface area (Å²) in [6.45, 7) is 2.85. The normalized spacial score (nSPS) is 15.5. The second-order valence-electron chi connectivity index (χ2n) is 8.80. The van der Waals surface area contributed by atoms with Crippen molar-refractivity contribution in [1.82, 2.24) is 5.32 Å². The summed E-state index contributed by atoms with van der Waals surface area (Å²) in [6, 6.07) is 6.57. The molecule has 11 heteroatoms. The molecular weight excluding hydrogens is 507 g/mol. The molecular formula is C25H18ClF5N2O3. The van der Waals surface area contributed by atoms with Gasteiger partial charge in [-0.05, 0) is 67.9 Å². The molecule has 3 N–H and O–H groups in total. The van der Waals surface area contributed by atoms with E-state index < -0.39 is 52.4 Å². The number of anilines is 1. The van der Waals surface area contributed by atoms with Gasteiger partial charge in [0, 0.05) is 33.0 Å². The Kier molecular flexibility index (Phi) is 6.30. The number of rotatable bonds is 4. The third-order valence-corrected chi connectivity index (χ3v) is 6.04. The first kappa shape index (κ1) is 25.6. The van der Waals surface area contributed by atoms with Gasteiger partial charge in [0.2, 0.25) is 0 Å². The molecule has 0 fully saturated rings. The molecule has 188 valence electrons. The molecule has 1 atom stereocenters. The first-order chi connectivity index (χ1) is 16.6. The second kappa shape index (κ2) is 8.86. The standard InChI is InChI=1S/C25H18ClF5N2O3/c1-24(2,36)12-8-17-20(21(33-23(17)35)16-10-14(27)3-4-18(16)26)19(9-12)32-22(34)11-5-13(25(29,30)31)7-15(28)6-11/h3-10,21,36H,1-2H3,(H,32,34)(H,33,35). The smallest absolute Gasteiger partial charge is 0.386 e. The highest BCUT2D eigenvalue weighted by atomic mass is 35.5. The number of nitrogens with one attached hydrogen (secondary N) is 2. The molecule has 2 amide bonds. The summed E-state index contributed by atoms with van der Waals surface area (Å²) in [5.41, 5.74) is -2.96. The summed E-state index contributed by atoms with van der Waals surface area (Å²) >= 11 is 6.23. The number of amides is 2. The highest BCUT2D eigenvalue weighted by Crippen LogP contribution is 2.41. The van der Waals surface area contributed by atoms with Crippen LogP contribution in [-0.2, 0) is 11.8 Å². The van der Waals surface area contributed by atoms with Crippen molar-refractivity contribution in [2.75, 3.05) is 5.32 Å². The highest BCUT2D eigenvalue weighted by Gasteiger charge is 2.37. The summed E-state index contributed by atoms with van der Waals surface area (Å²) in [5.74, 6) is -3.62. The van der Waals surface area contributed by atoms with Gasteiger partial charge in [-0.25, -0.2) is 8.78 Å². The van der Waals surface area contributed by atoms with Crippen LogP contribution >= 0.6 is 11.6 Å². The van der Waals surface area contributed by atoms with Gasteiger partial charge >= 0.3 is 6.18 Å². The number of aliphatic hydroxyl groups is 1. The lowest BCUT2D eigenvalue weighted by Crippen LogP contribution is -2.21. The van der Waals surface area contributed by atoms with E-state index >= 15 is 0 Å². The zero-order valence-corrected chi connectivity index (χ0v) is 19.5. The third kappa shape index (κ3) is 4.91. The number of halogens is 6. The number of hydrogen-bond donors (Lipinski definition) is 3. The molecule has 0 saturated heterocycles. The van der Waals surface area contributed by atoms with Crippen LogP contribution in [0.4, 0.5) is 27.6 Å². The van der Waals surface area contributed by atoms with E-state index in [0.29, 0.717) is 12.1 Å². The number of carbonyl (C=O) groups excluding carboxylic acids is 2. The monoisotopic (exact) mass is 524 g/mol. The Hall–Kier alpha value is -3.50. The van der Waals surface area contributed by atoms with E-state index in [2.05, 4.69) is 10.6 Å². The maximum absolute atomic E-state index is 14.0. The largest absolute Gasteiger partial charge is 0.416 e. The van der Waals surface area contributed by atoms with Crippen LogP contribution in [0.25, 0.3) is 0 Å². The van der Waals surface area contributed by atoms with E-state index in [1.165, 1.54) is 32.0 Å². The summed E-state index contributed by atoms with van der Waals surface area (Å²) in [4.78, 5) is 25.8. The molecule has 36 heavy (non-hydrogen) atoms. The molecule has 1 aliphatic rings. The van der Waals surface area contributed by atoms with Crippen LogP contribution in [0, 0.1) is 11.6 Å². The van der Waals surface area contributed by atoms with Crippen LogP contribution in [0.2, 0.25) is 5.02 Å². The van der Waals surface area contributed by atoms with Gasteiger partial charge in [0.15, 0.2) is 0 Å². The highest BCUT2D eigenvalue weighted by molar-refractivity contribution is 6.31. The number of carbonyl (C=O) groups is 2. The Morgan fingerprint density at radius 3 is 2.33 bits per heavy atom. The van der Waals surface area contributed by atoms with Crippen molar-refractivity contribution in [2.45, 2.75) is 31.7 Å². The van der Waals surface area contributed by atoms with Crippen LogP contribution in [-0.4, -0.2) is 16.9 Å². The van der Waals surface area contributed by atoms with Crippen molar-refractivity contribution in [3.05, 3.63) is 98.6 Å². The number of alkyl halides is 3. The summed E-state index contributed by atoms with van der Waals surface area (Å²) < 4.78 is 67.3. The van der Waals surface area contributed by atoms with Gasteiger partial charge in [-0.3, -0.25) is 9.59 Å². The van der Waals surface area contributed by atoms with Gasteiger partial charge in [-0.1, -0.05) is 11.6 Å². The average Bonchev–Trinajstić information content (AvgIpc) is 3.10. The second-order valence-corrected chi connectivity index (χ2v) is 9.20. The van der Waals surface area contributed by atoms with E-state index in [-0.39, 0.29) is 39.0 Å².